The van der Waals surface area contributed by atoms with E-state index in [1.54, 1.807) is 24.3 Å². The van der Waals surface area contributed by atoms with Crippen molar-refractivity contribution >= 4 is 31.3 Å². The van der Waals surface area contributed by atoms with Gasteiger partial charge in [0.05, 0.1) is 10.6 Å². The van der Waals surface area contributed by atoms with Crippen LogP contribution in [0.4, 0.5) is 0 Å². The highest BCUT2D eigenvalue weighted by atomic mass is 35.5. The maximum absolute atomic E-state index is 13.0. The second kappa shape index (κ2) is 7.10. The number of nitrogens with zero attached hydrogens (tertiary/aromatic N) is 1. The van der Waals surface area contributed by atoms with E-state index >= 15 is 0 Å². The Morgan fingerprint density at radius 2 is 1.56 bits per heavy atom. The van der Waals surface area contributed by atoms with Gasteiger partial charge >= 0.3 is 0 Å². The number of aromatic nitrogens is 1. The number of oxazole rings is 1. The molecular formula is C18H16ClNO5S2. The highest BCUT2D eigenvalue weighted by molar-refractivity contribution is 7.94. The second-order valence-electron chi connectivity index (χ2n) is 5.84. The summed E-state index contributed by atoms with van der Waals surface area (Å²) in [6.45, 7) is 3.30. The van der Waals surface area contributed by atoms with Crippen molar-refractivity contribution in [2.24, 2.45) is 0 Å². The molecule has 0 amide bonds. The zero-order chi connectivity index (χ0) is 19.8. The third kappa shape index (κ3) is 3.78. The number of sulfone groups is 2. The molecule has 0 bridgehead atoms. The number of hydrogen-bond donors (Lipinski definition) is 0. The van der Waals surface area contributed by atoms with Crippen LogP contribution in [0.1, 0.15) is 12.5 Å². The van der Waals surface area contributed by atoms with Gasteiger partial charge in [-0.2, -0.15) is 4.98 Å². The van der Waals surface area contributed by atoms with Crippen LogP contribution in [0, 0.1) is 6.92 Å². The molecule has 0 saturated carbocycles. The van der Waals surface area contributed by atoms with Gasteiger partial charge in [-0.15, -0.1) is 0 Å². The molecule has 0 N–H and O–H groups in total. The normalized spacial score (nSPS) is 12.3. The molecule has 0 aliphatic rings. The molecule has 1 heterocycles. The van der Waals surface area contributed by atoms with Crippen molar-refractivity contribution in [3.05, 3.63) is 59.1 Å². The van der Waals surface area contributed by atoms with Gasteiger partial charge < -0.3 is 4.42 Å². The van der Waals surface area contributed by atoms with E-state index in [4.69, 9.17) is 16.0 Å². The van der Waals surface area contributed by atoms with Gasteiger partial charge in [0.2, 0.25) is 30.6 Å². The van der Waals surface area contributed by atoms with Gasteiger partial charge in [0.25, 0.3) is 5.09 Å². The van der Waals surface area contributed by atoms with Crippen LogP contribution in [-0.2, 0) is 19.7 Å². The van der Waals surface area contributed by atoms with Crippen molar-refractivity contribution in [3.63, 3.8) is 0 Å². The lowest BCUT2D eigenvalue weighted by Crippen LogP contribution is -2.10. The predicted molar refractivity (Wildman–Crippen MR) is 101 cm³/mol. The minimum absolute atomic E-state index is 0.0745. The van der Waals surface area contributed by atoms with E-state index in [1.807, 2.05) is 6.92 Å². The lowest BCUT2D eigenvalue weighted by molar-refractivity contribution is 0.445. The summed E-state index contributed by atoms with van der Waals surface area (Å²) >= 11 is 5.81. The summed E-state index contributed by atoms with van der Waals surface area (Å²) in [5, 5.41) is -0.923. The van der Waals surface area contributed by atoms with Gasteiger partial charge in [0.15, 0.2) is 0 Å². The summed E-state index contributed by atoms with van der Waals surface area (Å²) in [5.41, 5.74) is 1.46. The van der Waals surface area contributed by atoms with Gasteiger partial charge in [-0.25, -0.2) is 16.8 Å². The summed E-state index contributed by atoms with van der Waals surface area (Å²) < 4.78 is 56.3. The molecule has 0 atom stereocenters. The summed E-state index contributed by atoms with van der Waals surface area (Å²) in [5.74, 6) is -0.395. The molecule has 142 valence electrons. The molecule has 0 radical (unpaired) electrons. The van der Waals surface area contributed by atoms with Crippen molar-refractivity contribution in [1.82, 2.24) is 4.98 Å². The summed E-state index contributed by atoms with van der Waals surface area (Å²) in [7, 11) is -8.18. The van der Waals surface area contributed by atoms with Crippen LogP contribution in [0.25, 0.3) is 11.5 Å². The molecule has 0 spiro atoms. The molecule has 0 unspecified atom stereocenters. The monoisotopic (exact) mass is 425 g/mol. The lowest BCUT2D eigenvalue weighted by Gasteiger charge is -2.03. The average Bonchev–Trinajstić information content (AvgIpc) is 3.10. The Hall–Kier alpha value is -2.16. The van der Waals surface area contributed by atoms with E-state index in [-0.39, 0.29) is 16.5 Å². The molecule has 0 aliphatic carbocycles. The van der Waals surface area contributed by atoms with E-state index in [2.05, 4.69) is 4.98 Å². The van der Waals surface area contributed by atoms with Crippen LogP contribution in [0.15, 0.2) is 68.0 Å². The summed E-state index contributed by atoms with van der Waals surface area (Å²) in [6, 6.07) is 12.3. The minimum Gasteiger partial charge on any atom is -0.423 e. The molecule has 2 aromatic carbocycles. The average molecular weight is 426 g/mol. The van der Waals surface area contributed by atoms with Crippen molar-refractivity contribution < 1.29 is 21.3 Å². The maximum Gasteiger partial charge on any atom is 0.258 e. The number of rotatable bonds is 5. The van der Waals surface area contributed by atoms with Crippen LogP contribution in [0.2, 0.25) is 5.02 Å². The van der Waals surface area contributed by atoms with Crippen LogP contribution < -0.4 is 0 Å². The Morgan fingerprint density at radius 1 is 0.963 bits per heavy atom. The fourth-order valence-corrected chi connectivity index (χ4v) is 5.13. The number of aryl methyl sites for hydroxylation is 1. The topological polar surface area (TPSA) is 94.3 Å². The van der Waals surface area contributed by atoms with E-state index in [0.717, 1.165) is 5.56 Å². The standard InChI is InChI=1S/C18H16ClNO5S2/c1-3-26(21,22)18-17(27(23,24)15-10-8-14(19)9-11-15)20-16(25-18)13-6-4-12(2)5-7-13/h4-11H,3H2,1-2H3. The fourth-order valence-electron chi connectivity index (χ4n) is 2.33. The number of halogens is 1. The van der Waals surface area contributed by atoms with Gasteiger partial charge in [0, 0.05) is 10.6 Å². The van der Waals surface area contributed by atoms with Crippen LogP contribution >= 0.6 is 11.6 Å². The number of benzene rings is 2. The molecule has 0 fully saturated rings. The van der Waals surface area contributed by atoms with Crippen molar-refractivity contribution in [1.29, 1.82) is 0 Å². The molecule has 3 rings (SSSR count). The smallest absolute Gasteiger partial charge is 0.258 e. The van der Waals surface area contributed by atoms with E-state index in [1.165, 1.54) is 31.2 Å². The van der Waals surface area contributed by atoms with Gasteiger partial charge in [-0.05, 0) is 43.3 Å². The van der Waals surface area contributed by atoms with Crippen LogP contribution in [-0.4, -0.2) is 27.6 Å². The molecule has 27 heavy (non-hydrogen) atoms. The van der Waals surface area contributed by atoms with E-state index < -0.39 is 29.8 Å². The summed E-state index contributed by atoms with van der Waals surface area (Å²) in [4.78, 5) is 3.91. The van der Waals surface area contributed by atoms with Crippen LogP contribution in [0.3, 0.4) is 0 Å². The number of hydrogen-bond acceptors (Lipinski definition) is 6. The third-order valence-electron chi connectivity index (χ3n) is 3.91. The first-order valence-corrected chi connectivity index (χ1v) is 11.5. The van der Waals surface area contributed by atoms with Gasteiger partial charge in [-0.3, -0.25) is 0 Å². The zero-order valence-corrected chi connectivity index (χ0v) is 16.9. The highest BCUT2D eigenvalue weighted by Crippen LogP contribution is 2.32. The highest BCUT2D eigenvalue weighted by Gasteiger charge is 2.34. The first-order chi connectivity index (χ1) is 12.6. The maximum atomic E-state index is 13.0. The van der Waals surface area contributed by atoms with E-state index in [9.17, 15) is 16.8 Å². The zero-order valence-electron chi connectivity index (χ0n) is 14.5. The molecule has 9 heteroatoms. The predicted octanol–water partition coefficient (Wildman–Crippen LogP) is 3.93. The molecular weight excluding hydrogens is 410 g/mol. The molecule has 0 aliphatic heterocycles. The van der Waals surface area contributed by atoms with Crippen molar-refractivity contribution in [2.75, 3.05) is 5.75 Å². The molecule has 0 saturated heterocycles. The molecule has 6 nitrogen and oxygen atoms in total. The lowest BCUT2D eigenvalue weighted by atomic mass is 10.1. The van der Waals surface area contributed by atoms with Crippen LogP contribution in [0.5, 0.6) is 0 Å². The Balaban J connectivity index is 2.24. The Labute approximate surface area is 162 Å². The molecule has 1 aromatic heterocycles. The van der Waals surface area contributed by atoms with Crippen molar-refractivity contribution in [2.45, 2.75) is 28.9 Å². The Morgan fingerprint density at radius 3 is 2.11 bits per heavy atom. The quantitative estimate of drug-likeness (QED) is 0.614. The fraction of sp³-hybridized carbons (Fsp3) is 0.167. The van der Waals surface area contributed by atoms with E-state index in [0.29, 0.717) is 10.6 Å². The Bertz CT molecular complexity index is 1180. The van der Waals surface area contributed by atoms with Crippen molar-refractivity contribution in [3.8, 4) is 11.5 Å². The second-order valence-corrected chi connectivity index (χ2v) is 10.3. The van der Waals surface area contributed by atoms with Gasteiger partial charge in [-0.1, -0.05) is 36.2 Å². The summed E-state index contributed by atoms with van der Waals surface area (Å²) in [6.07, 6.45) is 0. The molecule has 3 aromatic rings. The van der Waals surface area contributed by atoms with Gasteiger partial charge in [0.1, 0.15) is 0 Å². The Kier molecular flexibility index (Phi) is 5.16. The minimum atomic E-state index is -4.22. The largest absolute Gasteiger partial charge is 0.423 e. The third-order valence-corrected chi connectivity index (χ3v) is 7.57. The SMILES string of the molecule is CCS(=O)(=O)c1oc(-c2ccc(C)cc2)nc1S(=O)(=O)c1ccc(Cl)cc1. The first kappa shape index (κ1) is 19.6. The first-order valence-electron chi connectivity index (χ1n) is 7.96.